The largest absolute Gasteiger partial charge is 0.456 e. The van der Waals surface area contributed by atoms with Gasteiger partial charge in [0.25, 0.3) is 0 Å². The maximum Gasteiger partial charge on any atom is 0.164 e. The summed E-state index contributed by atoms with van der Waals surface area (Å²) in [5.41, 5.74) is 11.5. The van der Waals surface area contributed by atoms with E-state index >= 15 is 0 Å². The van der Waals surface area contributed by atoms with Crippen LogP contribution in [-0.2, 0) is 0 Å². The average molecular weight is 628 g/mol. The molecule has 0 spiro atoms. The summed E-state index contributed by atoms with van der Waals surface area (Å²) in [5, 5.41) is 2.26. The molecule has 0 unspecified atom stereocenters. The molecule has 0 bridgehead atoms. The highest BCUT2D eigenvalue weighted by Crippen LogP contribution is 2.35. The fourth-order valence-electron chi connectivity index (χ4n) is 6.44. The molecule has 4 nitrogen and oxygen atoms in total. The van der Waals surface area contributed by atoms with Crippen LogP contribution >= 0.6 is 0 Å². The third-order valence-electron chi connectivity index (χ3n) is 8.92. The van der Waals surface area contributed by atoms with Crippen molar-refractivity contribution < 1.29 is 4.42 Å². The number of rotatable bonds is 6. The van der Waals surface area contributed by atoms with E-state index in [0.717, 1.165) is 72.0 Å². The van der Waals surface area contributed by atoms with Crippen LogP contribution in [0.5, 0.6) is 0 Å². The summed E-state index contributed by atoms with van der Waals surface area (Å²) in [6.07, 6.45) is 0. The van der Waals surface area contributed by atoms with Gasteiger partial charge in [-0.3, -0.25) is 0 Å². The van der Waals surface area contributed by atoms with Crippen molar-refractivity contribution in [1.29, 1.82) is 0 Å². The first-order valence-electron chi connectivity index (χ1n) is 16.4. The number of furan rings is 1. The van der Waals surface area contributed by atoms with E-state index in [1.807, 2.05) is 72.8 Å². The molecule has 4 heteroatoms. The standard InChI is InChI=1S/C45H29N3O/c1-3-12-30(13-4-1)43-46-44(31-14-5-2-6-15-31)48-45(47-43)38-21-11-20-36(28-38)34-18-9-16-32(26-34)33-17-10-19-35(27-33)37-24-25-42-40(29-37)39-22-7-8-23-41(39)49-42/h1-29H. The molecule has 49 heavy (non-hydrogen) atoms. The van der Waals surface area contributed by atoms with Crippen LogP contribution in [0.1, 0.15) is 0 Å². The van der Waals surface area contributed by atoms with Gasteiger partial charge in [0.05, 0.1) is 0 Å². The van der Waals surface area contributed by atoms with Gasteiger partial charge in [-0.25, -0.2) is 15.0 Å². The lowest BCUT2D eigenvalue weighted by molar-refractivity contribution is 0.669. The molecule has 0 aliphatic carbocycles. The molecule has 0 aliphatic heterocycles. The summed E-state index contributed by atoms with van der Waals surface area (Å²) in [4.78, 5) is 14.7. The van der Waals surface area contributed by atoms with Gasteiger partial charge in [0.15, 0.2) is 17.5 Å². The molecule has 0 saturated heterocycles. The summed E-state index contributed by atoms with van der Waals surface area (Å²) in [6.45, 7) is 0. The molecular formula is C45H29N3O. The summed E-state index contributed by atoms with van der Waals surface area (Å²) in [5.74, 6) is 1.94. The Morgan fingerprint density at radius 2 is 0.653 bits per heavy atom. The van der Waals surface area contributed by atoms with Crippen molar-refractivity contribution in [3.8, 4) is 67.5 Å². The highest BCUT2D eigenvalue weighted by Gasteiger charge is 2.14. The fraction of sp³-hybridized carbons (Fsp3) is 0. The van der Waals surface area contributed by atoms with Crippen LogP contribution in [0.15, 0.2) is 180 Å². The van der Waals surface area contributed by atoms with Gasteiger partial charge in [-0.1, -0.05) is 140 Å². The summed E-state index contributed by atoms with van der Waals surface area (Å²) < 4.78 is 6.07. The van der Waals surface area contributed by atoms with Crippen molar-refractivity contribution in [3.63, 3.8) is 0 Å². The van der Waals surface area contributed by atoms with E-state index in [4.69, 9.17) is 19.4 Å². The Kier molecular flexibility index (Phi) is 7.10. The molecule has 230 valence electrons. The highest BCUT2D eigenvalue weighted by molar-refractivity contribution is 6.06. The smallest absolute Gasteiger partial charge is 0.164 e. The summed E-state index contributed by atoms with van der Waals surface area (Å²) >= 11 is 0. The van der Waals surface area contributed by atoms with Crippen LogP contribution in [0.4, 0.5) is 0 Å². The maximum absolute atomic E-state index is 6.07. The first kappa shape index (κ1) is 28.6. The second-order valence-corrected chi connectivity index (χ2v) is 12.1. The molecule has 2 heterocycles. The van der Waals surface area contributed by atoms with E-state index in [2.05, 4.69) is 103 Å². The second kappa shape index (κ2) is 12.2. The normalized spacial score (nSPS) is 11.3. The van der Waals surface area contributed by atoms with E-state index in [0.29, 0.717) is 17.5 Å². The quantitative estimate of drug-likeness (QED) is 0.184. The Bertz CT molecular complexity index is 2550. The Hall–Kier alpha value is -6.65. The molecule has 0 N–H and O–H groups in total. The van der Waals surface area contributed by atoms with Crippen LogP contribution < -0.4 is 0 Å². The molecule has 0 radical (unpaired) electrons. The van der Waals surface area contributed by atoms with Crippen LogP contribution in [0, 0.1) is 0 Å². The minimum Gasteiger partial charge on any atom is -0.456 e. The van der Waals surface area contributed by atoms with Gasteiger partial charge >= 0.3 is 0 Å². The minimum absolute atomic E-state index is 0.640. The van der Waals surface area contributed by atoms with E-state index in [-0.39, 0.29) is 0 Å². The first-order valence-corrected chi connectivity index (χ1v) is 16.4. The molecule has 0 fully saturated rings. The van der Waals surface area contributed by atoms with Crippen LogP contribution in [0.2, 0.25) is 0 Å². The van der Waals surface area contributed by atoms with Gasteiger partial charge in [-0.2, -0.15) is 0 Å². The average Bonchev–Trinajstić information content (AvgIpc) is 3.57. The van der Waals surface area contributed by atoms with E-state index in [1.54, 1.807) is 0 Å². The Balaban J connectivity index is 1.07. The third kappa shape index (κ3) is 5.56. The molecule has 9 rings (SSSR count). The van der Waals surface area contributed by atoms with Crippen molar-refractivity contribution in [1.82, 2.24) is 15.0 Å². The number of para-hydroxylation sites is 1. The SMILES string of the molecule is c1ccc(-c2nc(-c3ccccc3)nc(-c3cccc(-c4cccc(-c5cccc(-c6ccc7oc8ccccc8c7c6)c5)c4)c3)n2)cc1. The summed E-state index contributed by atoms with van der Waals surface area (Å²) in [7, 11) is 0. The lowest BCUT2D eigenvalue weighted by Crippen LogP contribution is -2.00. The van der Waals surface area contributed by atoms with Crippen LogP contribution in [0.3, 0.4) is 0 Å². The van der Waals surface area contributed by atoms with Gasteiger partial charge in [-0.15, -0.1) is 0 Å². The van der Waals surface area contributed by atoms with Crippen molar-refractivity contribution in [3.05, 3.63) is 176 Å². The highest BCUT2D eigenvalue weighted by atomic mass is 16.3. The number of aromatic nitrogens is 3. The summed E-state index contributed by atoms with van der Waals surface area (Å²) in [6, 6.07) is 60.7. The minimum atomic E-state index is 0.640. The van der Waals surface area contributed by atoms with Gasteiger partial charge in [0.1, 0.15) is 11.2 Å². The third-order valence-corrected chi connectivity index (χ3v) is 8.92. The zero-order chi connectivity index (χ0) is 32.6. The monoisotopic (exact) mass is 627 g/mol. The van der Waals surface area contributed by atoms with Crippen LogP contribution in [0.25, 0.3) is 89.5 Å². The zero-order valence-electron chi connectivity index (χ0n) is 26.5. The van der Waals surface area contributed by atoms with Crippen molar-refractivity contribution in [2.45, 2.75) is 0 Å². The predicted octanol–water partition coefficient (Wildman–Crippen LogP) is 11.8. The maximum atomic E-state index is 6.07. The van der Waals surface area contributed by atoms with Crippen molar-refractivity contribution in [2.24, 2.45) is 0 Å². The van der Waals surface area contributed by atoms with Crippen molar-refractivity contribution >= 4 is 21.9 Å². The first-order chi connectivity index (χ1) is 24.2. The Labute approximate surface area is 284 Å². The molecule has 9 aromatic rings. The van der Waals surface area contributed by atoms with Crippen molar-refractivity contribution in [2.75, 3.05) is 0 Å². The van der Waals surface area contributed by atoms with Crippen LogP contribution in [-0.4, -0.2) is 15.0 Å². The molecule has 2 aromatic heterocycles. The number of benzene rings is 7. The molecule has 0 atom stereocenters. The molecule has 0 amide bonds. The molecular weight excluding hydrogens is 599 g/mol. The van der Waals surface area contributed by atoms with Gasteiger partial charge in [-0.05, 0) is 69.8 Å². The number of fused-ring (bicyclic) bond motifs is 3. The van der Waals surface area contributed by atoms with E-state index in [1.165, 1.54) is 0 Å². The van der Waals surface area contributed by atoms with Gasteiger partial charge in [0.2, 0.25) is 0 Å². The molecule has 7 aromatic carbocycles. The molecule has 0 aliphatic rings. The topological polar surface area (TPSA) is 51.8 Å². The predicted molar refractivity (Wildman–Crippen MR) is 200 cm³/mol. The Morgan fingerprint density at radius 1 is 0.265 bits per heavy atom. The van der Waals surface area contributed by atoms with E-state index in [9.17, 15) is 0 Å². The number of hydrogen-bond donors (Lipinski definition) is 0. The fourth-order valence-corrected chi connectivity index (χ4v) is 6.44. The lowest BCUT2D eigenvalue weighted by atomic mass is 9.95. The number of hydrogen-bond acceptors (Lipinski definition) is 4. The second-order valence-electron chi connectivity index (χ2n) is 12.1. The number of nitrogens with zero attached hydrogens (tertiary/aromatic N) is 3. The molecule has 0 saturated carbocycles. The van der Waals surface area contributed by atoms with Gasteiger partial charge in [0, 0.05) is 27.5 Å². The lowest BCUT2D eigenvalue weighted by Gasteiger charge is -2.11. The van der Waals surface area contributed by atoms with Gasteiger partial charge < -0.3 is 4.42 Å². The Morgan fingerprint density at radius 3 is 1.20 bits per heavy atom. The zero-order valence-corrected chi connectivity index (χ0v) is 26.5. The van der Waals surface area contributed by atoms with E-state index < -0.39 is 0 Å².